The van der Waals surface area contributed by atoms with Crippen molar-refractivity contribution in [3.63, 3.8) is 0 Å². The third kappa shape index (κ3) is 6.66. The van der Waals surface area contributed by atoms with Crippen molar-refractivity contribution in [3.8, 4) is 84.5 Å². The van der Waals surface area contributed by atoms with Crippen LogP contribution in [-0.4, -0.2) is 24.5 Å². The number of hydrogen-bond donors (Lipinski definition) is 0. The zero-order valence-electron chi connectivity index (χ0n) is 36.7. The summed E-state index contributed by atoms with van der Waals surface area (Å²) in [6.45, 7) is 0. The van der Waals surface area contributed by atoms with Gasteiger partial charge in [0.2, 0.25) is 0 Å². The smallest absolute Gasteiger partial charge is 0.166 e. The molecule has 0 unspecified atom stereocenters. The molecule has 13 rings (SSSR count). The molecule has 0 aliphatic carbocycles. The Morgan fingerprint density at radius 3 is 1.60 bits per heavy atom. The van der Waals surface area contributed by atoms with Crippen LogP contribution >= 0.6 is 0 Å². The fraction of sp³-hybridized carbons (Fsp3) is 0. The highest BCUT2D eigenvalue weighted by Gasteiger charge is 2.25. The van der Waals surface area contributed by atoms with Gasteiger partial charge in [0.1, 0.15) is 11.2 Å². The van der Waals surface area contributed by atoms with Crippen LogP contribution in [0.2, 0.25) is 0 Å². The first kappa shape index (κ1) is 39.1. The van der Waals surface area contributed by atoms with Gasteiger partial charge >= 0.3 is 0 Å². The number of hydrogen-bond acceptors (Lipinski definition) is 5. The third-order valence-corrected chi connectivity index (χ3v) is 12.9. The maximum absolute atomic E-state index is 6.84. The Morgan fingerprint density at radius 1 is 0.338 bits per heavy atom. The number of fused-ring (bicyclic) bond motifs is 7. The molecule has 6 nitrogen and oxygen atoms in total. The standard InChI is InChI=1S/C62H39N5O/c1-6-19-40(20-7-1)44-33-34-47(41-21-8-2-9-22-41)51(37-44)45-38-52(62-65-60(42-23-10-3-11-24-42)64-61(66-62)43-25-12-4-13-26-43)58(63-39-45)50-30-18-32-54-56(50)57-55(68-54)36-35-49-48-29-16-17-31-53(48)67(59(49)57)46-27-14-5-15-28-46/h1-39H. The summed E-state index contributed by atoms with van der Waals surface area (Å²) in [4.78, 5) is 21.3. The maximum atomic E-state index is 6.84. The number of aromatic nitrogens is 5. The topological polar surface area (TPSA) is 69.6 Å². The second-order valence-corrected chi connectivity index (χ2v) is 17.0. The van der Waals surface area contributed by atoms with Crippen LogP contribution in [0.25, 0.3) is 128 Å². The Bertz CT molecular complexity index is 3940. The van der Waals surface area contributed by atoms with Crippen molar-refractivity contribution in [2.45, 2.75) is 0 Å². The molecule has 0 aliphatic rings. The van der Waals surface area contributed by atoms with Crippen LogP contribution in [-0.2, 0) is 0 Å². The molecule has 0 fully saturated rings. The highest BCUT2D eigenvalue weighted by molar-refractivity contribution is 6.27. The van der Waals surface area contributed by atoms with Gasteiger partial charge in [-0.05, 0) is 76.3 Å². The van der Waals surface area contributed by atoms with Gasteiger partial charge < -0.3 is 8.98 Å². The minimum Gasteiger partial charge on any atom is -0.456 e. The minimum atomic E-state index is 0.510. The SMILES string of the molecule is c1ccc(-c2ccc(-c3ccccc3)c(-c3cnc(-c4cccc5oc6ccc7c8ccccc8n(-c8ccccc8)c7c6c45)c(-c4nc(-c5ccccc5)nc(-c5ccccc5)n4)c3)c2)cc1. The van der Waals surface area contributed by atoms with Crippen molar-refractivity contribution in [2.24, 2.45) is 0 Å². The molecule has 9 aromatic carbocycles. The molecule has 0 spiro atoms. The zero-order valence-corrected chi connectivity index (χ0v) is 36.7. The lowest BCUT2D eigenvalue weighted by molar-refractivity contribution is 0.669. The number of furan rings is 1. The molecular weight excluding hydrogens is 831 g/mol. The van der Waals surface area contributed by atoms with Gasteiger partial charge in [0.05, 0.1) is 22.1 Å². The fourth-order valence-corrected chi connectivity index (χ4v) is 9.79. The quantitative estimate of drug-likeness (QED) is 0.152. The summed E-state index contributed by atoms with van der Waals surface area (Å²) in [5.74, 6) is 1.65. The zero-order chi connectivity index (χ0) is 45.0. The summed E-state index contributed by atoms with van der Waals surface area (Å²) in [6, 6.07) is 80.0. The second-order valence-electron chi connectivity index (χ2n) is 17.0. The number of benzene rings is 9. The molecule has 0 radical (unpaired) electrons. The largest absolute Gasteiger partial charge is 0.456 e. The van der Waals surface area contributed by atoms with Crippen LogP contribution in [0.15, 0.2) is 241 Å². The van der Waals surface area contributed by atoms with E-state index in [1.807, 2.05) is 66.9 Å². The van der Waals surface area contributed by atoms with E-state index in [0.717, 1.165) is 105 Å². The molecule has 0 bridgehead atoms. The van der Waals surface area contributed by atoms with E-state index < -0.39 is 0 Å². The summed E-state index contributed by atoms with van der Waals surface area (Å²) >= 11 is 0. The van der Waals surface area contributed by atoms with Crippen LogP contribution in [0.4, 0.5) is 0 Å². The normalized spacial score (nSPS) is 11.5. The molecule has 6 heteroatoms. The van der Waals surface area contributed by atoms with Crippen LogP contribution in [0.1, 0.15) is 0 Å². The molecular formula is C62H39N5O. The number of para-hydroxylation sites is 2. The van der Waals surface area contributed by atoms with Crippen molar-refractivity contribution in [2.75, 3.05) is 0 Å². The Balaban J connectivity index is 1.14. The summed E-state index contributed by atoms with van der Waals surface area (Å²) in [6.07, 6.45) is 2.00. The first-order valence-corrected chi connectivity index (χ1v) is 22.8. The highest BCUT2D eigenvalue weighted by atomic mass is 16.3. The molecule has 0 atom stereocenters. The lowest BCUT2D eigenvalue weighted by Gasteiger charge is -2.17. The van der Waals surface area contributed by atoms with E-state index in [1.165, 1.54) is 5.39 Å². The van der Waals surface area contributed by atoms with Gasteiger partial charge in [-0.25, -0.2) is 15.0 Å². The lowest BCUT2D eigenvalue weighted by Crippen LogP contribution is -2.02. The Hall–Kier alpha value is -9.26. The lowest BCUT2D eigenvalue weighted by atomic mass is 9.90. The Kier molecular flexibility index (Phi) is 9.39. The van der Waals surface area contributed by atoms with Crippen LogP contribution < -0.4 is 0 Å². The molecule has 4 heterocycles. The Morgan fingerprint density at radius 2 is 0.912 bits per heavy atom. The number of pyridine rings is 1. The van der Waals surface area contributed by atoms with E-state index in [9.17, 15) is 0 Å². The molecule has 0 amide bonds. The predicted octanol–water partition coefficient (Wildman–Crippen LogP) is 15.9. The Labute approximate surface area is 392 Å². The molecule has 0 saturated heterocycles. The van der Waals surface area contributed by atoms with Crippen LogP contribution in [0.3, 0.4) is 0 Å². The van der Waals surface area contributed by atoms with E-state index in [0.29, 0.717) is 17.5 Å². The van der Waals surface area contributed by atoms with E-state index >= 15 is 0 Å². The number of rotatable bonds is 8. The maximum Gasteiger partial charge on any atom is 0.166 e. The molecule has 4 aromatic heterocycles. The molecule has 0 saturated carbocycles. The summed E-state index contributed by atoms with van der Waals surface area (Å²) < 4.78 is 9.21. The monoisotopic (exact) mass is 869 g/mol. The fourth-order valence-electron chi connectivity index (χ4n) is 9.79. The van der Waals surface area contributed by atoms with Gasteiger partial charge in [0, 0.05) is 55.9 Å². The van der Waals surface area contributed by atoms with Crippen molar-refractivity contribution in [1.29, 1.82) is 0 Å². The number of nitrogens with zero attached hydrogens (tertiary/aromatic N) is 5. The van der Waals surface area contributed by atoms with Gasteiger partial charge in [0.15, 0.2) is 17.5 Å². The molecule has 13 aromatic rings. The van der Waals surface area contributed by atoms with Crippen molar-refractivity contribution < 1.29 is 4.42 Å². The van der Waals surface area contributed by atoms with E-state index in [2.05, 4.69) is 174 Å². The van der Waals surface area contributed by atoms with E-state index in [4.69, 9.17) is 24.4 Å². The van der Waals surface area contributed by atoms with Gasteiger partial charge in [-0.2, -0.15) is 0 Å². The molecule has 318 valence electrons. The average molecular weight is 870 g/mol. The molecule has 68 heavy (non-hydrogen) atoms. The van der Waals surface area contributed by atoms with Gasteiger partial charge in [0.25, 0.3) is 0 Å². The summed E-state index contributed by atoms with van der Waals surface area (Å²) in [5.41, 5.74) is 15.4. The van der Waals surface area contributed by atoms with Gasteiger partial charge in [-0.1, -0.05) is 182 Å². The van der Waals surface area contributed by atoms with Crippen molar-refractivity contribution >= 4 is 43.7 Å². The summed E-state index contributed by atoms with van der Waals surface area (Å²) in [5, 5.41) is 4.29. The van der Waals surface area contributed by atoms with Gasteiger partial charge in [-0.3, -0.25) is 4.98 Å². The second kappa shape index (κ2) is 16.3. The van der Waals surface area contributed by atoms with Crippen molar-refractivity contribution in [1.82, 2.24) is 24.5 Å². The average Bonchev–Trinajstić information content (AvgIpc) is 3.98. The predicted molar refractivity (Wildman–Crippen MR) is 277 cm³/mol. The van der Waals surface area contributed by atoms with Crippen molar-refractivity contribution in [3.05, 3.63) is 237 Å². The highest BCUT2D eigenvalue weighted by Crippen LogP contribution is 2.46. The van der Waals surface area contributed by atoms with Gasteiger partial charge in [-0.15, -0.1) is 0 Å². The molecule has 0 aliphatic heterocycles. The first-order valence-electron chi connectivity index (χ1n) is 22.8. The van der Waals surface area contributed by atoms with Crippen LogP contribution in [0, 0.1) is 0 Å². The minimum absolute atomic E-state index is 0.510. The molecule has 0 N–H and O–H groups in total. The van der Waals surface area contributed by atoms with E-state index in [1.54, 1.807) is 0 Å². The third-order valence-electron chi connectivity index (χ3n) is 12.9. The van der Waals surface area contributed by atoms with Crippen LogP contribution in [0.5, 0.6) is 0 Å². The summed E-state index contributed by atoms with van der Waals surface area (Å²) in [7, 11) is 0. The first-order chi connectivity index (χ1) is 33.7. The van der Waals surface area contributed by atoms with E-state index in [-0.39, 0.29) is 0 Å².